The lowest BCUT2D eigenvalue weighted by molar-refractivity contribution is -0.165. The molecule has 0 spiro atoms. The highest BCUT2D eigenvalue weighted by atomic mass is 16.6. The van der Waals surface area contributed by atoms with Gasteiger partial charge >= 0.3 is 11.9 Å². The zero-order chi connectivity index (χ0) is 56.4. The first-order valence-corrected chi connectivity index (χ1v) is 24.0. The molecule has 0 saturated carbocycles. The number of amides is 2. The molecule has 0 aliphatic carbocycles. The number of benzene rings is 2. The Morgan fingerprint density at radius 1 is 0.544 bits per heavy atom. The molecule has 4 heterocycles. The lowest BCUT2D eigenvalue weighted by Crippen LogP contribution is -2.46. The van der Waals surface area contributed by atoms with Crippen LogP contribution >= 0.6 is 0 Å². The van der Waals surface area contributed by atoms with E-state index in [9.17, 15) is 29.4 Å². The van der Waals surface area contributed by atoms with E-state index >= 15 is 0 Å². The zero-order valence-electron chi connectivity index (χ0n) is 47.3. The zero-order valence-corrected chi connectivity index (χ0v) is 39.3. The summed E-state index contributed by atoms with van der Waals surface area (Å²) in [5.74, 6) is -3.53. The molecular formula is C50H78N4O14. The molecule has 0 bridgehead atoms. The number of carbonyl (C=O) groups excluding carboxylic acids is 2. The summed E-state index contributed by atoms with van der Waals surface area (Å²) in [4.78, 5) is 49.2. The van der Waals surface area contributed by atoms with E-state index in [0.29, 0.717) is 37.1 Å². The molecule has 0 unspecified atom stereocenters. The Morgan fingerprint density at radius 3 is 1.22 bits per heavy atom. The summed E-state index contributed by atoms with van der Waals surface area (Å²) < 4.78 is 82.7. The molecule has 4 aliphatic rings. The van der Waals surface area contributed by atoms with Crippen molar-refractivity contribution in [1.29, 1.82) is 0 Å². The Bertz CT molecular complexity index is 2040. The number of carbonyl (C=O) groups is 4. The van der Waals surface area contributed by atoms with Crippen LogP contribution in [-0.2, 0) is 19.2 Å². The number of aliphatic hydroxyl groups is 4. The van der Waals surface area contributed by atoms with Gasteiger partial charge in [-0.1, -0.05) is 77.3 Å². The lowest BCUT2D eigenvalue weighted by Gasteiger charge is -2.29. The number of hydrogen-bond donors (Lipinski definition) is 8. The minimum atomic E-state index is -2.68. The molecule has 8 N–H and O–H groups in total. The number of aliphatic carboxylic acids is 2. The van der Waals surface area contributed by atoms with Crippen molar-refractivity contribution in [2.75, 3.05) is 65.5 Å². The van der Waals surface area contributed by atoms with Crippen molar-refractivity contribution in [2.45, 2.75) is 153 Å². The van der Waals surface area contributed by atoms with Crippen molar-refractivity contribution >= 4 is 23.8 Å². The number of ether oxygens (including phenoxy) is 4. The SMILES string of the molecule is O=C(O)[C@H](O)[C@@H](O)C(=O)O.[2H]C1([2H])Oc2ccc([C@@H](O)[C@@H](CN3CCCC3)NC(=O)CCCCCCC)cc2OC1([2H])[2H].[2H]C1([2H])Oc2ccc([C@@H](O)[C@@H](CN3CCCC3)NC(=O)CCCCCCC)cc2OC1([2H])[2H]. The third-order valence-corrected chi connectivity index (χ3v) is 11.9. The quantitative estimate of drug-likeness (QED) is 0.0626. The van der Waals surface area contributed by atoms with Gasteiger partial charge in [-0.05, 0) is 100 Å². The van der Waals surface area contributed by atoms with Gasteiger partial charge in [0.1, 0.15) is 38.4 Å². The fraction of sp³-hybridized carbons (Fsp3) is 0.680. The summed E-state index contributed by atoms with van der Waals surface area (Å²) in [7, 11) is 0. The van der Waals surface area contributed by atoms with Crippen LogP contribution in [0, 0.1) is 0 Å². The second kappa shape index (κ2) is 30.7. The summed E-state index contributed by atoms with van der Waals surface area (Å²) in [6.07, 6.45) is 9.14. The third kappa shape index (κ3) is 19.3. The van der Waals surface area contributed by atoms with Gasteiger partial charge in [0.2, 0.25) is 11.8 Å². The Hall–Kier alpha value is -4.72. The predicted octanol–water partition coefficient (Wildman–Crippen LogP) is 4.74. The van der Waals surface area contributed by atoms with Gasteiger partial charge in [-0.25, -0.2) is 9.59 Å². The first-order chi connectivity index (χ1) is 35.7. The van der Waals surface area contributed by atoms with E-state index < -0.39 is 74.7 Å². The number of aliphatic hydroxyl groups excluding tert-OH is 4. The highest BCUT2D eigenvalue weighted by Crippen LogP contribution is 2.35. The molecule has 68 heavy (non-hydrogen) atoms. The number of nitrogens with one attached hydrogen (secondary N) is 2. The normalized spacial score (nSPS) is 22.7. The number of carboxylic acids is 2. The van der Waals surface area contributed by atoms with Crippen molar-refractivity contribution in [1.82, 2.24) is 20.4 Å². The van der Waals surface area contributed by atoms with Gasteiger partial charge in [-0.3, -0.25) is 9.59 Å². The summed E-state index contributed by atoms with van der Waals surface area (Å²) in [6, 6.07) is 7.97. The van der Waals surface area contributed by atoms with Gasteiger partial charge < -0.3 is 70.0 Å². The summed E-state index contributed by atoms with van der Waals surface area (Å²) in [5.41, 5.74) is 0.895. The number of rotatable bonds is 25. The number of likely N-dealkylation sites (tertiary alicyclic amines) is 2. The topological polar surface area (TPSA) is 257 Å². The fourth-order valence-electron chi connectivity index (χ4n) is 8.06. The molecule has 18 heteroatoms. The molecular weight excluding hydrogens is 881 g/mol. The minimum absolute atomic E-state index is 0.0221. The van der Waals surface area contributed by atoms with Crippen LogP contribution in [-0.4, -0.2) is 154 Å². The predicted molar refractivity (Wildman–Crippen MR) is 254 cm³/mol. The van der Waals surface area contributed by atoms with E-state index in [2.05, 4.69) is 34.3 Å². The second-order valence-electron chi connectivity index (χ2n) is 17.4. The smallest absolute Gasteiger partial charge is 0.335 e. The molecule has 382 valence electrons. The number of fused-ring (bicyclic) bond motifs is 2. The minimum Gasteiger partial charge on any atom is -0.486 e. The molecule has 4 aliphatic heterocycles. The molecule has 18 nitrogen and oxygen atoms in total. The van der Waals surface area contributed by atoms with E-state index in [4.69, 9.17) is 50.3 Å². The Labute approximate surface area is 412 Å². The van der Waals surface area contributed by atoms with Gasteiger partial charge in [0.25, 0.3) is 0 Å². The van der Waals surface area contributed by atoms with E-state index in [1.807, 2.05) is 0 Å². The van der Waals surface area contributed by atoms with Gasteiger partial charge in [0, 0.05) is 25.9 Å². The molecule has 2 aromatic carbocycles. The highest BCUT2D eigenvalue weighted by molar-refractivity contribution is 5.83. The largest absolute Gasteiger partial charge is 0.486 e. The second-order valence-corrected chi connectivity index (χ2v) is 17.4. The van der Waals surface area contributed by atoms with Crippen molar-refractivity contribution in [2.24, 2.45) is 0 Å². The van der Waals surface area contributed by atoms with E-state index in [-0.39, 0.29) is 34.8 Å². The standard InChI is InChI=1S/2C23H36N2O4.C4H6O6/c2*1-2-3-4-5-6-9-22(26)24-19(17-25-12-7-8-13-25)23(27)18-10-11-20-21(16-18)29-15-14-28-20;5-1(3(7)8)2(6)4(9)10/h2*10-11,16,19,23,27H,2-9,12-15,17H2,1H3,(H,24,26);1-2,5-6H,(H,7,8)(H,9,10)/t2*19-,23-;1-,2-/m111/s1/i2*14D2,15D2;. The van der Waals surface area contributed by atoms with Crippen LogP contribution in [0.5, 0.6) is 23.0 Å². The number of unbranched alkanes of at least 4 members (excludes halogenated alkanes) is 8. The Balaban J connectivity index is 0.000000279. The van der Waals surface area contributed by atoms with E-state index in [0.717, 1.165) is 103 Å². The molecule has 2 aromatic rings. The van der Waals surface area contributed by atoms with E-state index in [1.165, 1.54) is 37.1 Å². The Kier molecular flexibility index (Phi) is 20.1. The summed E-state index contributed by atoms with van der Waals surface area (Å²) in [6.45, 7) is -1.60. The van der Waals surface area contributed by atoms with Crippen LogP contribution in [0.25, 0.3) is 0 Å². The van der Waals surface area contributed by atoms with Crippen LogP contribution in [0.1, 0.15) is 151 Å². The van der Waals surface area contributed by atoms with Crippen molar-refractivity contribution in [3.8, 4) is 23.0 Å². The van der Waals surface area contributed by atoms with Crippen LogP contribution < -0.4 is 29.6 Å². The number of hydrogen-bond acceptors (Lipinski definition) is 14. The van der Waals surface area contributed by atoms with Crippen LogP contribution in [0.15, 0.2) is 36.4 Å². The van der Waals surface area contributed by atoms with Crippen molar-refractivity contribution in [3.05, 3.63) is 47.5 Å². The molecule has 6 atom stereocenters. The van der Waals surface area contributed by atoms with Gasteiger partial charge in [0.05, 0.1) is 23.0 Å². The maximum absolute atomic E-state index is 12.6. The maximum atomic E-state index is 12.6. The average Bonchev–Trinajstić information content (AvgIpc) is 4.08. The summed E-state index contributed by atoms with van der Waals surface area (Å²) in [5, 5.41) is 60.9. The fourth-order valence-corrected chi connectivity index (χ4v) is 8.06. The maximum Gasteiger partial charge on any atom is 0.335 e. The van der Waals surface area contributed by atoms with Crippen LogP contribution in [0.3, 0.4) is 0 Å². The van der Waals surface area contributed by atoms with E-state index in [1.54, 1.807) is 12.1 Å². The van der Waals surface area contributed by atoms with Crippen molar-refractivity contribution in [3.63, 3.8) is 0 Å². The molecule has 6 rings (SSSR count). The monoisotopic (exact) mass is 967 g/mol. The van der Waals surface area contributed by atoms with Crippen LogP contribution in [0.2, 0.25) is 0 Å². The van der Waals surface area contributed by atoms with Crippen molar-refractivity contribution < 1.29 is 79.7 Å². The molecule has 0 aromatic heterocycles. The number of carboxylic acid groups (broad SMARTS) is 2. The molecule has 2 fully saturated rings. The average molecular weight is 967 g/mol. The highest BCUT2D eigenvalue weighted by Gasteiger charge is 2.31. The lowest BCUT2D eigenvalue weighted by atomic mass is 10.0. The Morgan fingerprint density at radius 2 is 0.882 bits per heavy atom. The third-order valence-electron chi connectivity index (χ3n) is 11.9. The molecule has 0 radical (unpaired) electrons. The van der Waals surface area contributed by atoms with Gasteiger partial charge in [0.15, 0.2) is 35.2 Å². The molecule has 2 amide bonds. The molecule has 2 saturated heterocycles. The van der Waals surface area contributed by atoms with Gasteiger partial charge in [-0.15, -0.1) is 0 Å². The summed E-state index contributed by atoms with van der Waals surface area (Å²) >= 11 is 0. The van der Waals surface area contributed by atoms with Gasteiger partial charge in [-0.2, -0.15) is 0 Å². The van der Waals surface area contributed by atoms with Crippen LogP contribution in [0.4, 0.5) is 0 Å². The first kappa shape index (κ1) is 44.5. The first-order valence-electron chi connectivity index (χ1n) is 28.0. The number of nitrogens with zero attached hydrogens (tertiary/aromatic N) is 2.